The smallest absolute Gasteiger partial charge is 0.314 e. The van der Waals surface area contributed by atoms with Crippen molar-refractivity contribution in [3.05, 3.63) is 29.8 Å². The maximum Gasteiger partial charge on any atom is 0.314 e. The maximum atomic E-state index is 11.9. The van der Waals surface area contributed by atoms with Gasteiger partial charge < -0.3 is 24.8 Å². The van der Waals surface area contributed by atoms with Gasteiger partial charge in [0.05, 0.1) is 13.7 Å². The summed E-state index contributed by atoms with van der Waals surface area (Å²) in [6.07, 6.45) is 4.99. The Morgan fingerprint density at radius 3 is 2.71 bits per heavy atom. The molecule has 2 N–H and O–H groups in total. The molecule has 24 heavy (non-hydrogen) atoms. The summed E-state index contributed by atoms with van der Waals surface area (Å²) in [5.41, 5.74) is 1.16. The molecule has 2 aliphatic rings. The zero-order valence-corrected chi connectivity index (χ0v) is 14.2. The van der Waals surface area contributed by atoms with Gasteiger partial charge in [-0.2, -0.15) is 0 Å². The van der Waals surface area contributed by atoms with E-state index in [9.17, 15) is 4.79 Å². The van der Waals surface area contributed by atoms with E-state index in [1.807, 2.05) is 24.3 Å². The Kier molecular flexibility index (Phi) is 5.58. The molecule has 1 saturated carbocycles. The molecule has 1 aliphatic heterocycles. The highest BCUT2D eigenvalue weighted by atomic mass is 16.7. The first kappa shape index (κ1) is 17.0. The number of rotatable bonds is 6. The predicted octanol–water partition coefficient (Wildman–Crippen LogP) is 2.22. The van der Waals surface area contributed by atoms with Gasteiger partial charge in [-0.1, -0.05) is 12.1 Å². The number of benzene rings is 1. The van der Waals surface area contributed by atoms with Gasteiger partial charge in [-0.3, -0.25) is 0 Å². The highest BCUT2D eigenvalue weighted by Gasteiger charge is 2.43. The fourth-order valence-corrected chi connectivity index (χ4v) is 3.27. The van der Waals surface area contributed by atoms with Crippen molar-refractivity contribution in [2.75, 3.05) is 26.8 Å². The number of hydrogen-bond acceptors (Lipinski definition) is 4. The van der Waals surface area contributed by atoms with E-state index in [1.165, 1.54) is 0 Å². The van der Waals surface area contributed by atoms with Crippen molar-refractivity contribution in [1.82, 2.24) is 10.6 Å². The third-order valence-corrected chi connectivity index (χ3v) is 4.63. The summed E-state index contributed by atoms with van der Waals surface area (Å²) in [6.45, 7) is 1.63. The van der Waals surface area contributed by atoms with Crippen LogP contribution in [0.2, 0.25) is 0 Å². The molecule has 2 fully saturated rings. The van der Waals surface area contributed by atoms with E-state index in [1.54, 1.807) is 7.11 Å². The topological polar surface area (TPSA) is 68.8 Å². The summed E-state index contributed by atoms with van der Waals surface area (Å²) in [4.78, 5) is 11.9. The quantitative estimate of drug-likeness (QED) is 0.837. The third-order valence-electron chi connectivity index (χ3n) is 4.63. The second-order valence-electron chi connectivity index (χ2n) is 6.40. The molecule has 1 aromatic rings. The molecule has 0 radical (unpaired) electrons. The molecular weight excluding hydrogens is 308 g/mol. The minimum Gasteiger partial charge on any atom is -0.497 e. The molecule has 0 bridgehead atoms. The normalized spacial score (nSPS) is 21.8. The minimum atomic E-state index is -0.364. The highest BCUT2D eigenvalue weighted by Crippen LogP contribution is 2.38. The molecule has 132 valence electrons. The first-order chi connectivity index (χ1) is 11.7. The van der Waals surface area contributed by atoms with Gasteiger partial charge in [0.1, 0.15) is 11.9 Å². The van der Waals surface area contributed by atoms with Gasteiger partial charge in [0, 0.05) is 25.9 Å². The Labute approximate surface area is 142 Å². The average Bonchev–Trinajstić information content (AvgIpc) is 3.24. The molecule has 6 heteroatoms. The van der Waals surface area contributed by atoms with Crippen molar-refractivity contribution in [1.29, 1.82) is 0 Å². The molecule has 2 amide bonds. The first-order valence-corrected chi connectivity index (χ1v) is 8.65. The summed E-state index contributed by atoms with van der Waals surface area (Å²) >= 11 is 0. The highest BCUT2D eigenvalue weighted by molar-refractivity contribution is 5.73. The van der Waals surface area contributed by atoms with E-state index in [0.29, 0.717) is 19.7 Å². The van der Waals surface area contributed by atoms with E-state index in [-0.39, 0.29) is 17.9 Å². The molecule has 1 atom stereocenters. The Hall–Kier alpha value is -1.79. The third kappa shape index (κ3) is 4.39. The largest absolute Gasteiger partial charge is 0.497 e. The Morgan fingerprint density at radius 1 is 1.25 bits per heavy atom. The molecule has 1 spiro atoms. The number of methoxy groups -OCH3 is 1. The van der Waals surface area contributed by atoms with Crippen LogP contribution in [0.3, 0.4) is 0 Å². The lowest BCUT2D eigenvalue weighted by atomic mass is 10.1. The van der Waals surface area contributed by atoms with Gasteiger partial charge in [0.25, 0.3) is 0 Å². The van der Waals surface area contributed by atoms with Crippen LogP contribution in [0.4, 0.5) is 4.79 Å². The van der Waals surface area contributed by atoms with Crippen LogP contribution in [0, 0.1) is 0 Å². The van der Waals surface area contributed by atoms with Crippen LogP contribution in [0.15, 0.2) is 24.3 Å². The number of carbonyl (C=O) groups excluding carboxylic acids is 1. The van der Waals surface area contributed by atoms with Crippen molar-refractivity contribution in [3.63, 3.8) is 0 Å². The molecule has 1 aromatic carbocycles. The van der Waals surface area contributed by atoms with Gasteiger partial charge >= 0.3 is 6.03 Å². The molecule has 6 nitrogen and oxygen atoms in total. The van der Waals surface area contributed by atoms with E-state index in [2.05, 4.69) is 10.6 Å². The Balaban J connectivity index is 1.31. The van der Waals surface area contributed by atoms with Crippen LogP contribution in [0.5, 0.6) is 5.75 Å². The lowest BCUT2D eigenvalue weighted by molar-refractivity contribution is -0.160. The predicted molar refractivity (Wildman–Crippen MR) is 90.1 cm³/mol. The van der Waals surface area contributed by atoms with Crippen molar-refractivity contribution < 1.29 is 19.0 Å². The van der Waals surface area contributed by atoms with Gasteiger partial charge in [0.15, 0.2) is 5.79 Å². The van der Waals surface area contributed by atoms with Crippen LogP contribution in [-0.4, -0.2) is 44.7 Å². The summed E-state index contributed by atoms with van der Waals surface area (Å²) in [7, 11) is 1.65. The first-order valence-electron chi connectivity index (χ1n) is 8.65. The van der Waals surface area contributed by atoms with Gasteiger partial charge in [0.2, 0.25) is 0 Å². The van der Waals surface area contributed by atoms with Crippen LogP contribution in [0.25, 0.3) is 0 Å². The number of carbonyl (C=O) groups is 1. The zero-order valence-electron chi connectivity index (χ0n) is 14.2. The Bertz CT molecular complexity index is 540. The maximum absolute atomic E-state index is 11.9. The summed E-state index contributed by atoms with van der Waals surface area (Å²) in [6, 6.07) is 7.68. The van der Waals surface area contributed by atoms with Crippen LogP contribution >= 0.6 is 0 Å². The Morgan fingerprint density at radius 2 is 2.00 bits per heavy atom. The molecule has 0 unspecified atom stereocenters. The second-order valence-corrected chi connectivity index (χ2v) is 6.40. The van der Waals surface area contributed by atoms with Gasteiger partial charge in [-0.05, 0) is 37.0 Å². The molecule has 1 aliphatic carbocycles. The van der Waals surface area contributed by atoms with Crippen molar-refractivity contribution in [2.45, 2.75) is 44.0 Å². The fraction of sp³-hybridized carbons (Fsp3) is 0.611. The van der Waals surface area contributed by atoms with Crippen LogP contribution in [-0.2, 0) is 15.9 Å². The average molecular weight is 334 g/mol. The van der Waals surface area contributed by atoms with Crippen LogP contribution < -0.4 is 15.4 Å². The van der Waals surface area contributed by atoms with E-state index >= 15 is 0 Å². The van der Waals surface area contributed by atoms with Crippen LogP contribution in [0.1, 0.15) is 31.2 Å². The lowest BCUT2D eigenvalue weighted by Crippen LogP contribution is -2.41. The number of nitrogens with one attached hydrogen (secondary N) is 2. The minimum absolute atomic E-state index is 0.0459. The van der Waals surface area contributed by atoms with E-state index < -0.39 is 0 Å². The van der Waals surface area contributed by atoms with Gasteiger partial charge in [-0.25, -0.2) is 4.79 Å². The van der Waals surface area contributed by atoms with E-state index in [4.69, 9.17) is 14.2 Å². The van der Waals surface area contributed by atoms with Crippen molar-refractivity contribution in [3.8, 4) is 5.75 Å². The van der Waals surface area contributed by atoms with Crippen molar-refractivity contribution in [2.24, 2.45) is 0 Å². The monoisotopic (exact) mass is 334 g/mol. The standard InChI is InChI=1S/C18H26N2O4/c1-22-15-6-4-14(5-7-15)8-11-19-17(21)20-12-16-13-23-18(24-16)9-2-3-10-18/h4-7,16H,2-3,8-13H2,1H3,(H2,19,20,21)/t16-/m1/s1. The molecule has 1 heterocycles. The zero-order chi connectivity index (χ0) is 16.8. The van der Waals surface area contributed by atoms with E-state index in [0.717, 1.165) is 43.4 Å². The number of amides is 2. The van der Waals surface area contributed by atoms with Gasteiger partial charge in [-0.15, -0.1) is 0 Å². The summed E-state index contributed by atoms with van der Waals surface area (Å²) < 4.78 is 16.9. The fourth-order valence-electron chi connectivity index (χ4n) is 3.27. The lowest BCUT2D eigenvalue weighted by Gasteiger charge is -2.21. The summed E-state index contributed by atoms with van der Waals surface area (Å²) in [5, 5.41) is 5.73. The summed E-state index contributed by atoms with van der Waals surface area (Å²) in [5.74, 6) is 0.472. The SMILES string of the molecule is COc1ccc(CCNC(=O)NC[C@@H]2COC3(CCCC3)O2)cc1. The second kappa shape index (κ2) is 7.85. The number of hydrogen-bond donors (Lipinski definition) is 2. The molecule has 3 rings (SSSR count). The molecule has 1 saturated heterocycles. The molecule has 0 aromatic heterocycles. The number of ether oxygens (including phenoxy) is 3. The number of urea groups is 1. The van der Waals surface area contributed by atoms with Crippen molar-refractivity contribution >= 4 is 6.03 Å². The molecular formula is C18H26N2O4.